The maximum atomic E-state index is 12.6. The van der Waals surface area contributed by atoms with Gasteiger partial charge in [-0.15, -0.1) is 10.2 Å². The zero-order valence-electron chi connectivity index (χ0n) is 18.1. The Balaban J connectivity index is 1.25. The van der Waals surface area contributed by atoms with Crippen LogP contribution in [0.25, 0.3) is 22.1 Å². The van der Waals surface area contributed by atoms with Gasteiger partial charge in [-0.1, -0.05) is 30.0 Å². The van der Waals surface area contributed by atoms with Gasteiger partial charge in [-0.05, 0) is 44.5 Å². The molecule has 1 aliphatic heterocycles. The van der Waals surface area contributed by atoms with Crippen molar-refractivity contribution < 1.29 is 14.3 Å². The summed E-state index contributed by atoms with van der Waals surface area (Å²) >= 11 is 1.53. The SMILES string of the molecule is CC(C)n1c2ccccc2c2nnc(SCCCC(=O)c3ccc4c(c3)OCCO4)nc21. The normalized spacial score (nSPS) is 13.2. The minimum atomic E-state index is 0.0944. The fourth-order valence-corrected chi connectivity index (χ4v) is 4.71. The van der Waals surface area contributed by atoms with Gasteiger partial charge in [-0.3, -0.25) is 4.79 Å². The van der Waals surface area contributed by atoms with Crippen LogP contribution in [-0.2, 0) is 0 Å². The number of hydrogen-bond donors (Lipinski definition) is 0. The fourth-order valence-electron chi connectivity index (χ4n) is 3.98. The fraction of sp³-hybridized carbons (Fsp3) is 0.333. The lowest BCUT2D eigenvalue weighted by Gasteiger charge is -2.18. The number of para-hydroxylation sites is 1. The zero-order chi connectivity index (χ0) is 22.1. The predicted molar refractivity (Wildman–Crippen MR) is 125 cm³/mol. The summed E-state index contributed by atoms with van der Waals surface area (Å²) in [6.45, 7) is 5.34. The van der Waals surface area contributed by atoms with E-state index in [2.05, 4.69) is 40.7 Å². The van der Waals surface area contributed by atoms with E-state index in [-0.39, 0.29) is 11.8 Å². The second-order valence-electron chi connectivity index (χ2n) is 7.98. The van der Waals surface area contributed by atoms with Gasteiger partial charge in [-0.2, -0.15) is 0 Å². The third-order valence-corrected chi connectivity index (χ3v) is 6.38. The molecule has 0 amide bonds. The third kappa shape index (κ3) is 3.90. The summed E-state index contributed by atoms with van der Waals surface area (Å²) in [6.07, 6.45) is 1.18. The molecule has 0 radical (unpaired) electrons. The second kappa shape index (κ2) is 8.78. The monoisotopic (exact) mass is 448 g/mol. The second-order valence-corrected chi connectivity index (χ2v) is 9.04. The molecule has 0 atom stereocenters. The van der Waals surface area contributed by atoms with E-state index in [0.29, 0.717) is 41.9 Å². The van der Waals surface area contributed by atoms with E-state index in [4.69, 9.17) is 14.5 Å². The van der Waals surface area contributed by atoms with Crippen molar-refractivity contribution in [3.63, 3.8) is 0 Å². The van der Waals surface area contributed by atoms with Crippen LogP contribution in [-0.4, -0.2) is 44.5 Å². The van der Waals surface area contributed by atoms with Crippen LogP contribution in [0.4, 0.5) is 0 Å². The van der Waals surface area contributed by atoms with E-state index in [1.807, 2.05) is 12.1 Å². The van der Waals surface area contributed by atoms with Crippen molar-refractivity contribution >= 4 is 39.6 Å². The molecule has 2 aromatic carbocycles. The van der Waals surface area contributed by atoms with Crippen LogP contribution >= 0.6 is 11.8 Å². The van der Waals surface area contributed by atoms with Crippen molar-refractivity contribution in [1.82, 2.24) is 19.7 Å². The first-order valence-electron chi connectivity index (χ1n) is 10.8. The highest BCUT2D eigenvalue weighted by Gasteiger charge is 2.17. The molecule has 1 aliphatic rings. The highest BCUT2D eigenvalue weighted by Crippen LogP contribution is 2.32. The van der Waals surface area contributed by atoms with E-state index < -0.39 is 0 Å². The number of fused-ring (bicyclic) bond motifs is 4. The Bertz CT molecular complexity index is 1300. The van der Waals surface area contributed by atoms with Gasteiger partial charge in [0.25, 0.3) is 0 Å². The lowest BCUT2D eigenvalue weighted by atomic mass is 10.1. The average Bonchev–Trinajstić information content (AvgIpc) is 3.15. The van der Waals surface area contributed by atoms with E-state index >= 15 is 0 Å². The molecule has 164 valence electrons. The minimum Gasteiger partial charge on any atom is -0.486 e. The van der Waals surface area contributed by atoms with Gasteiger partial charge in [0, 0.05) is 29.2 Å². The first-order chi connectivity index (χ1) is 15.6. The molecule has 5 rings (SSSR count). The van der Waals surface area contributed by atoms with Crippen LogP contribution in [0.15, 0.2) is 47.6 Å². The Kier molecular flexibility index (Phi) is 5.70. The number of thioether (sulfide) groups is 1. The first kappa shape index (κ1) is 20.8. The van der Waals surface area contributed by atoms with Crippen LogP contribution in [0.5, 0.6) is 11.5 Å². The lowest BCUT2D eigenvalue weighted by Crippen LogP contribution is -2.15. The molecule has 0 spiro atoms. The Morgan fingerprint density at radius 1 is 1.09 bits per heavy atom. The number of carbonyl (C=O) groups excluding carboxylic acids is 1. The number of ether oxygens (including phenoxy) is 2. The topological polar surface area (TPSA) is 79.1 Å². The molecule has 3 heterocycles. The molecule has 0 saturated heterocycles. The van der Waals surface area contributed by atoms with Gasteiger partial charge in [0.2, 0.25) is 5.16 Å². The lowest BCUT2D eigenvalue weighted by molar-refractivity contribution is 0.0980. The smallest absolute Gasteiger partial charge is 0.211 e. The quantitative estimate of drug-likeness (QED) is 0.221. The van der Waals surface area contributed by atoms with E-state index in [1.165, 1.54) is 11.8 Å². The van der Waals surface area contributed by atoms with E-state index in [9.17, 15) is 4.79 Å². The highest BCUT2D eigenvalue weighted by molar-refractivity contribution is 7.99. The molecule has 7 nitrogen and oxygen atoms in total. The summed E-state index contributed by atoms with van der Waals surface area (Å²) < 4.78 is 13.3. The summed E-state index contributed by atoms with van der Waals surface area (Å²) in [6, 6.07) is 13.8. The zero-order valence-corrected chi connectivity index (χ0v) is 18.9. The molecule has 0 unspecified atom stereocenters. The average molecular weight is 449 g/mol. The first-order valence-corrected chi connectivity index (χ1v) is 11.8. The standard InChI is InChI=1S/C24H24N4O3S/c1-15(2)28-18-7-4-3-6-17(18)22-23(28)25-24(27-26-22)32-13-5-8-19(29)16-9-10-20-21(14-16)31-12-11-30-20/h3-4,6-7,9-10,14-15H,5,8,11-13H2,1-2H3. The van der Waals surface area contributed by atoms with Crippen LogP contribution in [0.2, 0.25) is 0 Å². The Morgan fingerprint density at radius 2 is 1.91 bits per heavy atom. The van der Waals surface area contributed by atoms with E-state index in [0.717, 1.165) is 34.2 Å². The largest absolute Gasteiger partial charge is 0.486 e. The number of rotatable bonds is 7. The molecular weight excluding hydrogens is 424 g/mol. The molecule has 0 fully saturated rings. The Morgan fingerprint density at radius 3 is 2.75 bits per heavy atom. The van der Waals surface area contributed by atoms with Crippen molar-refractivity contribution in [3.8, 4) is 11.5 Å². The van der Waals surface area contributed by atoms with Gasteiger partial charge in [0.15, 0.2) is 22.9 Å². The maximum Gasteiger partial charge on any atom is 0.211 e. The Labute approximate surface area is 190 Å². The summed E-state index contributed by atoms with van der Waals surface area (Å²) in [7, 11) is 0. The van der Waals surface area contributed by atoms with Crippen molar-refractivity contribution in [2.45, 2.75) is 37.9 Å². The van der Waals surface area contributed by atoms with Crippen LogP contribution < -0.4 is 9.47 Å². The van der Waals surface area contributed by atoms with Crippen molar-refractivity contribution in [2.24, 2.45) is 0 Å². The molecule has 0 aliphatic carbocycles. The van der Waals surface area contributed by atoms with Gasteiger partial charge in [-0.25, -0.2) is 4.98 Å². The highest BCUT2D eigenvalue weighted by atomic mass is 32.2. The minimum absolute atomic E-state index is 0.0944. The van der Waals surface area contributed by atoms with Crippen molar-refractivity contribution in [3.05, 3.63) is 48.0 Å². The van der Waals surface area contributed by atoms with Crippen LogP contribution in [0, 0.1) is 0 Å². The molecule has 8 heteroatoms. The van der Waals surface area contributed by atoms with Gasteiger partial charge in [0.1, 0.15) is 18.7 Å². The molecule has 2 aromatic heterocycles. The van der Waals surface area contributed by atoms with Gasteiger partial charge < -0.3 is 14.0 Å². The van der Waals surface area contributed by atoms with Crippen LogP contribution in [0.1, 0.15) is 43.1 Å². The number of benzene rings is 2. The number of aromatic nitrogens is 4. The third-order valence-electron chi connectivity index (χ3n) is 5.46. The number of Topliss-reactive ketones (excluding diaryl/α,β-unsaturated/α-hetero) is 1. The summed E-state index contributed by atoms with van der Waals surface area (Å²) in [5.41, 5.74) is 3.45. The summed E-state index contributed by atoms with van der Waals surface area (Å²) in [5, 5.41) is 10.5. The number of ketones is 1. The predicted octanol–water partition coefficient (Wildman–Crippen LogP) is 5.09. The van der Waals surface area contributed by atoms with Crippen molar-refractivity contribution in [1.29, 1.82) is 0 Å². The number of carbonyl (C=O) groups is 1. The number of nitrogens with zero attached hydrogens (tertiary/aromatic N) is 4. The van der Waals surface area contributed by atoms with Gasteiger partial charge in [0.05, 0.1) is 5.52 Å². The molecule has 32 heavy (non-hydrogen) atoms. The van der Waals surface area contributed by atoms with Crippen molar-refractivity contribution in [2.75, 3.05) is 19.0 Å². The summed E-state index contributed by atoms with van der Waals surface area (Å²) in [5.74, 6) is 2.18. The molecule has 4 aromatic rings. The summed E-state index contributed by atoms with van der Waals surface area (Å²) in [4.78, 5) is 17.4. The molecule has 0 bridgehead atoms. The molecule has 0 N–H and O–H groups in total. The number of hydrogen-bond acceptors (Lipinski definition) is 7. The Hall–Kier alpha value is -3.13. The van der Waals surface area contributed by atoms with E-state index in [1.54, 1.807) is 18.2 Å². The van der Waals surface area contributed by atoms with Crippen LogP contribution in [0.3, 0.4) is 0 Å². The van der Waals surface area contributed by atoms with Gasteiger partial charge >= 0.3 is 0 Å². The molecule has 0 saturated carbocycles. The molecular formula is C24H24N4O3S. The maximum absolute atomic E-state index is 12.6.